The van der Waals surface area contributed by atoms with Gasteiger partial charge >= 0.3 is 0 Å². The molecule has 1 aromatic heterocycles. The van der Waals surface area contributed by atoms with E-state index in [4.69, 9.17) is 5.26 Å². The van der Waals surface area contributed by atoms with E-state index in [-0.39, 0.29) is 12.4 Å². The average Bonchev–Trinajstić information content (AvgIpc) is 2.41. The molecule has 0 atom stereocenters. The molecule has 0 spiro atoms. The smallest absolute Gasteiger partial charge is 0.135 e. The predicted molar refractivity (Wildman–Crippen MR) is 70.6 cm³/mol. The van der Waals surface area contributed by atoms with E-state index in [1.54, 1.807) is 25.1 Å². The van der Waals surface area contributed by atoms with Crippen LogP contribution in [0.25, 0.3) is 0 Å². The molecule has 6 heteroatoms. The van der Waals surface area contributed by atoms with E-state index in [1.807, 2.05) is 6.07 Å². The zero-order valence-electron chi connectivity index (χ0n) is 10.3. The van der Waals surface area contributed by atoms with Crippen molar-refractivity contribution < 1.29 is 4.39 Å². The molecule has 0 saturated carbocycles. The fourth-order valence-electron chi connectivity index (χ4n) is 1.52. The predicted octanol–water partition coefficient (Wildman–Crippen LogP) is 2.60. The highest BCUT2D eigenvalue weighted by Gasteiger charge is 2.02. The third kappa shape index (κ3) is 3.39. The highest BCUT2D eigenvalue weighted by atomic mass is 19.1. The van der Waals surface area contributed by atoms with Crippen molar-refractivity contribution >= 4 is 17.3 Å². The number of benzene rings is 1. The summed E-state index contributed by atoms with van der Waals surface area (Å²) in [5, 5.41) is 14.4. The largest absolute Gasteiger partial charge is 0.357 e. The second kappa shape index (κ2) is 5.78. The molecule has 0 aliphatic rings. The lowest BCUT2D eigenvalue weighted by Crippen LogP contribution is -2.02. The summed E-state index contributed by atoms with van der Waals surface area (Å²) >= 11 is 0. The molecule has 0 amide bonds. The van der Waals surface area contributed by atoms with Gasteiger partial charge in [0.25, 0.3) is 0 Å². The van der Waals surface area contributed by atoms with Gasteiger partial charge in [-0.15, -0.1) is 0 Å². The highest BCUT2D eigenvalue weighted by molar-refractivity contribution is 5.59. The monoisotopic (exact) mass is 257 g/mol. The third-order valence-corrected chi connectivity index (χ3v) is 2.45. The molecule has 0 unspecified atom stereocenters. The van der Waals surface area contributed by atoms with Crippen LogP contribution in [0.15, 0.2) is 30.6 Å². The number of nitriles is 1. The van der Waals surface area contributed by atoms with E-state index in [9.17, 15) is 4.39 Å². The zero-order valence-corrected chi connectivity index (χ0v) is 10.3. The van der Waals surface area contributed by atoms with Crippen LogP contribution in [0.1, 0.15) is 5.56 Å². The van der Waals surface area contributed by atoms with Crippen molar-refractivity contribution in [3.05, 3.63) is 42.0 Å². The number of nitrogens with one attached hydrogen (secondary N) is 2. The molecule has 0 aliphatic heterocycles. The minimum Gasteiger partial charge on any atom is -0.357 e. The average molecular weight is 257 g/mol. The van der Waals surface area contributed by atoms with Gasteiger partial charge in [-0.1, -0.05) is 0 Å². The van der Waals surface area contributed by atoms with Gasteiger partial charge in [0, 0.05) is 11.8 Å². The minimum absolute atomic E-state index is 0.173. The van der Waals surface area contributed by atoms with Crippen LogP contribution >= 0.6 is 0 Å². The summed E-state index contributed by atoms with van der Waals surface area (Å²) in [7, 11) is 0. The van der Waals surface area contributed by atoms with E-state index >= 15 is 0 Å². The Hall–Kier alpha value is -2.68. The molecule has 2 aromatic rings. The maximum Gasteiger partial charge on any atom is 0.135 e. The maximum absolute atomic E-state index is 13.1. The summed E-state index contributed by atoms with van der Waals surface area (Å²) in [5.74, 6) is 0.879. The van der Waals surface area contributed by atoms with E-state index in [2.05, 4.69) is 20.6 Å². The lowest BCUT2D eigenvalue weighted by molar-refractivity contribution is 0.619. The molecular formula is C13H12FN5. The number of rotatable bonds is 4. The van der Waals surface area contributed by atoms with E-state index in [0.29, 0.717) is 17.2 Å². The van der Waals surface area contributed by atoms with E-state index < -0.39 is 0 Å². The van der Waals surface area contributed by atoms with Crippen LogP contribution in [-0.4, -0.2) is 16.5 Å². The molecule has 96 valence electrons. The van der Waals surface area contributed by atoms with Crippen molar-refractivity contribution in [1.82, 2.24) is 9.97 Å². The summed E-state index contributed by atoms with van der Waals surface area (Å²) in [6.45, 7) is 1.87. The Morgan fingerprint density at radius 3 is 2.79 bits per heavy atom. The second-order valence-corrected chi connectivity index (χ2v) is 3.89. The molecule has 0 bridgehead atoms. The number of hydrogen-bond acceptors (Lipinski definition) is 5. The first kappa shape index (κ1) is 12.8. The Balaban J connectivity index is 2.14. The van der Waals surface area contributed by atoms with Crippen molar-refractivity contribution in [3.63, 3.8) is 0 Å². The fraction of sp³-hybridized carbons (Fsp3) is 0.154. The van der Waals surface area contributed by atoms with Crippen LogP contribution in [-0.2, 0) is 0 Å². The number of aromatic nitrogens is 2. The standard InChI is InChI=1S/C13H12FN5/c1-9-6-10(2-3-11(9)14)19-13-7-12(16-5-4-15)17-8-18-13/h2-3,6-8H,5H2,1H3,(H2,16,17,18,19). The Labute approximate surface area is 110 Å². The van der Waals surface area contributed by atoms with Crippen LogP contribution < -0.4 is 10.6 Å². The summed E-state index contributed by atoms with van der Waals surface area (Å²) in [4.78, 5) is 8.03. The second-order valence-electron chi connectivity index (χ2n) is 3.89. The molecule has 5 nitrogen and oxygen atoms in total. The van der Waals surface area contributed by atoms with Gasteiger partial charge in [-0.25, -0.2) is 14.4 Å². The van der Waals surface area contributed by atoms with Gasteiger partial charge in [0.1, 0.15) is 30.3 Å². The number of hydrogen-bond donors (Lipinski definition) is 2. The first-order valence-corrected chi connectivity index (χ1v) is 5.65. The zero-order chi connectivity index (χ0) is 13.7. The molecule has 0 fully saturated rings. The van der Waals surface area contributed by atoms with Crippen molar-refractivity contribution in [1.29, 1.82) is 5.26 Å². The van der Waals surface area contributed by atoms with Crippen molar-refractivity contribution in [2.45, 2.75) is 6.92 Å². The maximum atomic E-state index is 13.1. The summed E-state index contributed by atoms with van der Waals surface area (Å²) in [5.41, 5.74) is 1.30. The fourth-order valence-corrected chi connectivity index (χ4v) is 1.52. The van der Waals surface area contributed by atoms with Crippen LogP contribution in [0.4, 0.5) is 21.7 Å². The number of aryl methyl sites for hydroxylation is 1. The van der Waals surface area contributed by atoms with Gasteiger partial charge in [0.05, 0.1) is 6.07 Å². The third-order valence-electron chi connectivity index (χ3n) is 2.45. The molecule has 1 heterocycles. The Kier molecular flexibility index (Phi) is 3.88. The first-order chi connectivity index (χ1) is 9.19. The summed E-state index contributed by atoms with van der Waals surface area (Å²) in [6, 6.07) is 8.36. The van der Waals surface area contributed by atoms with Gasteiger partial charge in [0.15, 0.2) is 0 Å². The van der Waals surface area contributed by atoms with Crippen LogP contribution in [0.5, 0.6) is 0 Å². The van der Waals surface area contributed by atoms with Gasteiger partial charge < -0.3 is 10.6 Å². The number of halogens is 1. The van der Waals surface area contributed by atoms with E-state index in [1.165, 1.54) is 12.4 Å². The molecule has 1 aromatic carbocycles. The molecule has 0 saturated heterocycles. The van der Waals surface area contributed by atoms with Gasteiger partial charge in [-0.05, 0) is 30.7 Å². The van der Waals surface area contributed by atoms with Crippen molar-refractivity contribution in [2.24, 2.45) is 0 Å². The highest BCUT2D eigenvalue weighted by Crippen LogP contribution is 2.18. The normalized spacial score (nSPS) is 9.74. The Bertz CT molecular complexity index is 621. The van der Waals surface area contributed by atoms with Gasteiger partial charge in [0.2, 0.25) is 0 Å². The molecule has 0 radical (unpaired) electrons. The molecule has 2 N–H and O–H groups in total. The molecule has 2 rings (SSSR count). The molecule has 19 heavy (non-hydrogen) atoms. The van der Waals surface area contributed by atoms with Crippen molar-refractivity contribution in [3.8, 4) is 6.07 Å². The van der Waals surface area contributed by atoms with Crippen molar-refractivity contribution in [2.75, 3.05) is 17.2 Å². The molecule has 0 aliphatic carbocycles. The number of nitrogens with zero attached hydrogens (tertiary/aromatic N) is 3. The lowest BCUT2D eigenvalue weighted by Gasteiger charge is -2.08. The first-order valence-electron chi connectivity index (χ1n) is 5.65. The van der Waals surface area contributed by atoms with Crippen LogP contribution in [0, 0.1) is 24.1 Å². The quantitative estimate of drug-likeness (QED) is 0.823. The van der Waals surface area contributed by atoms with Crippen LogP contribution in [0.3, 0.4) is 0 Å². The lowest BCUT2D eigenvalue weighted by atomic mass is 10.2. The Morgan fingerprint density at radius 1 is 1.26 bits per heavy atom. The molecular weight excluding hydrogens is 245 g/mol. The Morgan fingerprint density at radius 2 is 2.05 bits per heavy atom. The van der Waals surface area contributed by atoms with Crippen LogP contribution in [0.2, 0.25) is 0 Å². The minimum atomic E-state index is -0.246. The topological polar surface area (TPSA) is 73.6 Å². The SMILES string of the molecule is Cc1cc(Nc2cc(NCC#N)ncn2)ccc1F. The summed E-state index contributed by atoms with van der Waals surface area (Å²) in [6.07, 6.45) is 1.39. The van der Waals surface area contributed by atoms with E-state index in [0.717, 1.165) is 5.69 Å². The van der Waals surface area contributed by atoms with Gasteiger partial charge in [-0.3, -0.25) is 0 Å². The number of anilines is 3. The van der Waals surface area contributed by atoms with Gasteiger partial charge in [-0.2, -0.15) is 5.26 Å². The summed E-state index contributed by atoms with van der Waals surface area (Å²) < 4.78 is 13.1.